The minimum Gasteiger partial charge on any atom is -0.497 e. The Kier molecular flexibility index (Phi) is 4.73. The molecule has 1 aromatic rings. The molecule has 0 N–H and O–H groups in total. The molecule has 0 aliphatic heterocycles. The summed E-state index contributed by atoms with van der Waals surface area (Å²) in [6.45, 7) is 2.26. The average Bonchev–Trinajstić information content (AvgIpc) is 3.24. The molecule has 1 aromatic carbocycles. The molecule has 2 nitrogen and oxygen atoms in total. The molecule has 1 aliphatic carbocycles. The molecule has 0 bridgehead atoms. The number of hydrogen-bond acceptors (Lipinski definition) is 2. The van der Waals surface area contributed by atoms with E-state index in [1.807, 2.05) is 6.07 Å². The van der Waals surface area contributed by atoms with Crippen LogP contribution in [0.25, 0.3) is 0 Å². The van der Waals surface area contributed by atoms with Gasteiger partial charge in [0.05, 0.1) is 14.2 Å². The van der Waals surface area contributed by atoms with Crippen LogP contribution in [0.5, 0.6) is 11.5 Å². The van der Waals surface area contributed by atoms with Gasteiger partial charge in [-0.2, -0.15) is 0 Å². The van der Waals surface area contributed by atoms with E-state index >= 15 is 0 Å². The van der Waals surface area contributed by atoms with Gasteiger partial charge in [0, 0.05) is 6.07 Å². The highest BCUT2D eigenvalue weighted by Crippen LogP contribution is 2.53. The van der Waals surface area contributed by atoms with Gasteiger partial charge in [-0.15, -0.1) is 0 Å². The Morgan fingerprint density at radius 2 is 1.58 bits per heavy atom. The predicted molar refractivity (Wildman–Crippen MR) is 79.2 cm³/mol. The van der Waals surface area contributed by atoms with Gasteiger partial charge in [0.2, 0.25) is 0 Å². The summed E-state index contributed by atoms with van der Waals surface area (Å²) in [6.07, 6.45) is 9.30. The number of benzene rings is 1. The highest BCUT2D eigenvalue weighted by atomic mass is 16.5. The molecular weight excluding hydrogens is 236 g/mol. The Balaban J connectivity index is 2.07. The molecular formula is C17H26O2. The van der Waals surface area contributed by atoms with E-state index in [0.29, 0.717) is 5.41 Å². The lowest BCUT2D eigenvalue weighted by Crippen LogP contribution is -2.07. The Bertz CT molecular complexity index is 385. The maximum atomic E-state index is 5.38. The third kappa shape index (κ3) is 3.43. The topological polar surface area (TPSA) is 18.5 Å². The number of rotatable bonds is 8. The normalized spacial score (nSPS) is 16.2. The molecule has 0 saturated heterocycles. The van der Waals surface area contributed by atoms with Gasteiger partial charge in [0.1, 0.15) is 11.5 Å². The van der Waals surface area contributed by atoms with Crippen molar-refractivity contribution in [3.05, 3.63) is 23.8 Å². The van der Waals surface area contributed by atoms with Crippen LogP contribution in [0, 0.1) is 0 Å². The minimum atomic E-state index is 0.412. The molecule has 19 heavy (non-hydrogen) atoms. The van der Waals surface area contributed by atoms with E-state index < -0.39 is 0 Å². The second kappa shape index (κ2) is 6.31. The molecule has 0 unspecified atom stereocenters. The Morgan fingerprint density at radius 1 is 0.947 bits per heavy atom. The summed E-state index contributed by atoms with van der Waals surface area (Å²) in [5.41, 5.74) is 1.82. The molecule has 0 aromatic heterocycles. The lowest BCUT2D eigenvalue weighted by Gasteiger charge is -2.17. The smallest absolute Gasteiger partial charge is 0.122 e. The first kappa shape index (κ1) is 14.2. The first-order chi connectivity index (χ1) is 9.24. The zero-order chi connectivity index (χ0) is 13.7. The van der Waals surface area contributed by atoms with E-state index in [1.54, 1.807) is 14.2 Å². The van der Waals surface area contributed by atoms with Crippen LogP contribution in [-0.4, -0.2) is 14.2 Å². The molecule has 106 valence electrons. The fraction of sp³-hybridized carbons (Fsp3) is 0.647. The predicted octanol–water partition coefficient (Wildman–Crippen LogP) is 4.71. The Labute approximate surface area is 117 Å². The molecule has 0 radical (unpaired) electrons. The summed E-state index contributed by atoms with van der Waals surface area (Å²) in [6, 6.07) is 6.33. The van der Waals surface area contributed by atoms with Gasteiger partial charge >= 0.3 is 0 Å². The molecule has 2 heteroatoms. The van der Waals surface area contributed by atoms with Crippen molar-refractivity contribution in [1.29, 1.82) is 0 Å². The monoisotopic (exact) mass is 262 g/mol. The van der Waals surface area contributed by atoms with Gasteiger partial charge < -0.3 is 9.47 Å². The van der Waals surface area contributed by atoms with E-state index in [0.717, 1.165) is 11.5 Å². The van der Waals surface area contributed by atoms with E-state index in [9.17, 15) is 0 Å². The number of ether oxygens (including phenoxy) is 2. The molecule has 0 heterocycles. The van der Waals surface area contributed by atoms with Crippen molar-refractivity contribution in [2.45, 2.75) is 57.3 Å². The zero-order valence-corrected chi connectivity index (χ0v) is 12.5. The van der Waals surface area contributed by atoms with Gasteiger partial charge in [0.25, 0.3) is 0 Å². The van der Waals surface area contributed by atoms with Crippen LogP contribution in [0.2, 0.25) is 0 Å². The maximum Gasteiger partial charge on any atom is 0.122 e. The third-order valence-corrected chi connectivity index (χ3v) is 4.33. The van der Waals surface area contributed by atoms with Crippen LogP contribution in [0.1, 0.15) is 57.4 Å². The van der Waals surface area contributed by atoms with E-state index in [2.05, 4.69) is 19.1 Å². The van der Waals surface area contributed by atoms with Crippen LogP contribution in [0.3, 0.4) is 0 Å². The summed E-state index contributed by atoms with van der Waals surface area (Å²) in [5.74, 6) is 1.82. The van der Waals surface area contributed by atoms with E-state index in [1.165, 1.54) is 50.5 Å². The van der Waals surface area contributed by atoms with Crippen molar-refractivity contribution in [2.24, 2.45) is 0 Å². The van der Waals surface area contributed by atoms with Crippen LogP contribution in [0.15, 0.2) is 18.2 Å². The second-order valence-corrected chi connectivity index (χ2v) is 5.69. The summed E-state index contributed by atoms with van der Waals surface area (Å²) < 4.78 is 10.8. The number of methoxy groups -OCH3 is 2. The summed E-state index contributed by atoms with van der Waals surface area (Å²) in [5, 5.41) is 0. The molecule has 0 atom stereocenters. The average molecular weight is 262 g/mol. The third-order valence-electron chi connectivity index (χ3n) is 4.33. The number of hydrogen-bond donors (Lipinski definition) is 0. The molecule has 1 fully saturated rings. The van der Waals surface area contributed by atoms with Gasteiger partial charge in [-0.3, -0.25) is 0 Å². The minimum absolute atomic E-state index is 0.412. The van der Waals surface area contributed by atoms with Gasteiger partial charge in [-0.05, 0) is 42.4 Å². The molecule has 1 saturated carbocycles. The zero-order valence-electron chi connectivity index (χ0n) is 12.5. The fourth-order valence-electron chi connectivity index (χ4n) is 2.84. The molecule has 0 spiro atoms. The van der Waals surface area contributed by atoms with Gasteiger partial charge in [-0.25, -0.2) is 0 Å². The summed E-state index contributed by atoms with van der Waals surface area (Å²) in [7, 11) is 3.44. The first-order valence-corrected chi connectivity index (χ1v) is 7.47. The van der Waals surface area contributed by atoms with Crippen molar-refractivity contribution in [3.63, 3.8) is 0 Å². The van der Waals surface area contributed by atoms with Gasteiger partial charge in [0.15, 0.2) is 0 Å². The van der Waals surface area contributed by atoms with Gasteiger partial charge in [-0.1, -0.05) is 32.6 Å². The van der Waals surface area contributed by atoms with Crippen LogP contribution in [0.4, 0.5) is 0 Å². The first-order valence-electron chi connectivity index (χ1n) is 7.47. The van der Waals surface area contributed by atoms with Crippen molar-refractivity contribution in [3.8, 4) is 11.5 Å². The lowest BCUT2D eigenvalue weighted by atomic mass is 9.89. The Hall–Kier alpha value is -1.18. The van der Waals surface area contributed by atoms with E-state index in [4.69, 9.17) is 9.47 Å². The standard InChI is InChI=1S/C17H26O2/c1-4-5-6-7-8-17(9-10-17)14-11-15(18-2)13-16(12-14)19-3/h11-13H,4-10H2,1-3H3. The molecule has 2 rings (SSSR count). The number of unbranched alkanes of at least 4 members (excludes halogenated alkanes) is 3. The molecule has 1 aliphatic rings. The van der Waals surface area contributed by atoms with Crippen LogP contribution >= 0.6 is 0 Å². The largest absolute Gasteiger partial charge is 0.497 e. The van der Waals surface area contributed by atoms with Crippen molar-refractivity contribution >= 4 is 0 Å². The van der Waals surface area contributed by atoms with Crippen molar-refractivity contribution < 1.29 is 9.47 Å². The van der Waals surface area contributed by atoms with Crippen molar-refractivity contribution in [2.75, 3.05) is 14.2 Å². The summed E-state index contributed by atoms with van der Waals surface area (Å²) in [4.78, 5) is 0. The van der Waals surface area contributed by atoms with Crippen LogP contribution in [-0.2, 0) is 5.41 Å². The highest BCUT2D eigenvalue weighted by Gasteiger charge is 2.43. The maximum absolute atomic E-state index is 5.38. The van der Waals surface area contributed by atoms with Crippen molar-refractivity contribution in [1.82, 2.24) is 0 Å². The van der Waals surface area contributed by atoms with Crippen LogP contribution < -0.4 is 9.47 Å². The fourth-order valence-corrected chi connectivity index (χ4v) is 2.84. The molecule has 0 amide bonds. The highest BCUT2D eigenvalue weighted by molar-refractivity contribution is 5.44. The quantitative estimate of drug-likeness (QED) is 0.632. The Morgan fingerprint density at radius 3 is 2.05 bits per heavy atom. The second-order valence-electron chi connectivity index (χ2n) is 5.69. The summed E-state index contributed by atoms with van der Waals surface area (Å²) >= 11 is 0. The SMILES string of the molecule is CCCCCCC1(c2cc(OC)cc(OC)c2)CC1. The van der Waals surface area contributed by atoms with E-state index in [-0.39, 0.29) is 0 Å². The lowest BCUT2D eigenvalue weighted by molar-refractivity contribution is 0.391.